The first kappa shape index (κ1) is 14.3. The number of hydrogen-bond donors (Lipinski definition) is 0. The second-order valence-electron chi connectivity index (χ2n) is 6.09. The molecule has 0 N–H and O–H groups in total. The van der Waals surface area contributed by atoms with Crippen LogP contribution in [0.4, 0.5) is 0 Å². The molecule has 0 aliphatic carbocycles. The van der Waals surface area contributed by atoms with Gasteiger partial charge in [-0.15, -0.1) is 0 Å². The van der Waals surface area contributed by atoms with Crippen LogP contribution in [0.1, 0.15) is 71.9 Å². The zero-order valence-corrected chi connectivity index (χ0v) is 12.4. The molecule has 0 aliphatic rings. The van der Waals surface area contributed by atoms with Crippen molar-refractivity contribution < 1.29 is 0 Å². The van der Waals surface area contributed by atoms with Crippen molar-refractivity contribution in [3.8, 4) is 0 Å². The van der Waals surface area contributed by atoms with Crippen LogP contribution in [0.25, 0.3) is 0 Å². The molecule has 0 heteroatoms. The lowest BCUT2D eigenvalue weighted by molar-refractivity contribution is 0.435. The van der Waals surface area contributed by atoms with Crippen molar-refractivity contribution in [1.82, 2.24) is 0 Å². The van der Waals surface area contributed by atoms with Gasteiger partial charge in [-0.05, 0) is 41.2 Å². The molecule has 0 atom stereocenters. The predicted octanol–water partition coefficient (Wildman–Crippen LogP) is 5.45. The van der Waals surface area contributed by atoms with Crippen LogP contribution in [-0.2, 0) is 10.8 Å². The number of hydrogen-bond acceptors (Lipinski definition) is 0. The fourth-order valence-electron chi connectivity index (χ4n) is 2.18. The summed E-state index contributed by atoms with van der Waals surface area (Å²) >= 11 is 0. The summed E-state index contributed by atoms with van der Waals surface area (Å²) in [6.07, 6.45) is 3.60. The molecule has 0 fully saturated rings. The van der Waals surface area contributed by atoms with E-state index in [0.29, 0.717) is 10.8 Å². The van der Waals surface area contributed by atoms with Crippen LogP contribution in [0.2, 0.25) is 0 Å². The fourth-order valence-corrected chi connectivity index (χ4v) is 2.18. The molecule has 0 unspecified atom stereocenters. The monoisotopic (exact) mass is 232 g/mol. The third-order valence-corrected chi connectivity index (χ3v) is 4.79. The first-order chi connectivity index (χ1) is 7.89. The van der Waals surface area contributed by atoms with Crippen LogP contribution in [0.3, 0.4) is 0 Å². The van der Waals surface area contributed by atoms with Crippen LogP contribution in [0.5, 0.6) is 0 Å². The second-order valence-corrected chi connectivity index (χ2v) is 6.09. The average molecular weight is 232 g/mol. The highest BCUT2D eigenvalue weighted by molar-refractivity contribution is 5.33. The van der Waals surface area contributed by atoms with Crippen molar-refractivity contribution >= 4 is 0 Å². The van der Waals surface area contributed by atoms with E-state index in [1.807, 2.05) is 0 Å². The van der Waals surface area contributed by atoms with E-state index in [2.05, 4.69) is 65.8 Å². The number of benzene rings is 1. The SMILES string of the molecule is CCC(C)(C)c1cccc(C(C)(CC)CC)c1. The number of rotatable bonds is 5. The van der Waals surface area contributed by atoms with Gasteiger partial charge in [-0.2, -0.15) is 0 Å². The van der Waals surface area contributed by atoms with E-state index in [9.17, 15) is 0 Å². The maximum absolute atomic E-state index is 2.43. The molecular formula is C17H28. The van der Waals surface area contributed by atoms with E-state index >= 15 is 0 Å². The largest absolute Gasteiger partial charge is 0.0646 e. The van der Waals surface area contributed by atoms with Crippen LogP contribution >= 0.6 is 0 Å². The summed E-state index contributed by atoms with van der Waals surface area (Å²) in [5.74, 6) is 0. The second kappa shape index (κ2) is 5.25. The molecule has 96 valence electrons. The summed E-state index contributed by atoms with van der Waals surface area (Å²) in [6, 6.07) is 9.23. The minimum absolute atomic E-state index is 0.290. The normalized spacial score (nSPS) is 12.8. The van der Waals surface area contributed by atoms with Gasteiger partial charge in [0, 0.05) is 0 Å². The van der Waals surface area contributed by atoms with Crippen molar-refractivity contribution in [1.29, 1.82) is 0 Å². The Morgan fingerprint density at radius 1 is 0.824 bits per heavy atom. The highest BCUT2D eigenvalue weighted by atomic mass is 14.3. The van der Waals surface area contributed by atoms with E-state index in [1.54, 1.807) is 0 Å². The highest BCUT2D eigenvalue weighted by Crippen LogP contribution is 2.34. The summed E-state index contributed by atoms with van der Waals surface area (Å²) in [5, 5.41) is 0. The molecule has 0 spiro atoms. The Morgan fingerprint density at radius 2 is 1.35 bits per heavy atom. The molecule has 0 nitrogen and oxygen atoms in total. The minimum Gasteiger partial charge on any atom is -0.0646 e. The lowest BCUT2D eigenvalue weighted by Crippen LogP contribution is -2.22. The molecule has 0 heterocycles. The molecule has 0 saturated carbocycles. The van der Waals surface area contributed by atoms with Gasteiger partial charge in [0.25, 0.3) is 0 Å². The molecule has 0 saturated heterocycles. The van der Waals surface area contributed by atoms with E-state index < -0.39 is 0 Å². The van der Waals surface area contributed by atoms with Crippen LogP contribution in [0.15, 0.2) is 24.3 Å². The molecule has 1 aromatic carbocycles. The Hall–Kier alpha value is -0.780. The smallest absolute Gasteiger partial charge is 0.00804 e. The first-order valence-electron chi connectivity index (χ1n) is 7.00. The summed E-state index contributed by atoms with van der Waals surface area (Å²) < 4.78 is 0. The van der Waals surface area contributed by atoms with Gasteiger partial charge in [0.05, 0.1) is 0 Å². The van der Waals surface area contributed by atoms with Crippen molar-refractivity contribution in [2.24, 2.45) is 0 Å². The van der Waals surface area contributed by atoms with Gasteiger partial charge in [-0.25, -0.2) is 0 Å². The van der Waals surface area contributed by atoms with Gasteiger partial charge in [0.2, 0.25) is 0 Å². The average Bonchev–Trinajstić information content (AvgIpc) is 2.38. The molecule has 17 heavy (non-hydrogen) atoms. The van der Waals surface area contributed by atoms with Crippen LogP contribution in [0, 0.1) is 0 Å². The molecule has 0 radical (unpaired) electrons. The lowest BCUT2D eigenvalue weighted by Gasteiger charge is -2.30. The van der Waals surface area contributed by atoms with Crippen LogP contribution < -0.4 is 0 Å². The molecule has 0 amide bonds. The Bertz CT molecular complexity index is 356. The third-order valence-electron chi connectivity index (χ3n) is 4.79. The van der Waals surface area contributed by atoms with Crippen molar-refractivity contribution in [2.75, 3.05) is 0 Å². The van der Waals surface area contributed by atoms with Gasteiger partial charge in [0.1, 0.15) is 0 Å². The van der Waals surface area contributed by atoms with E-state index in [4.69, 9.17) is 0 Å². The molecule has 0 bridgehead atoms. The van der Waals surface area contributed by atoms with Gasteiger partial charge in [-0.1, -0.05) is 65.8 Å². The van der Waals surface area contributed by atoms with E-state index in [1.165, 1.54) is 30.4 Å². The fraction of sp³-hybridized carbons (Fsp3) is 0.647. The first-order valence-corrected chi connectivity index (χ1v) is 7.00. The van der Waals surface area contributed by atoms with Crippen LogP contribution in [-0.4, -0.2) is 0 Å². The van der Waals surface area contributed by atoms with Gasteiger partial charge >= 0.3 is 0 Å². The standard InChI is InChI=1S/C17H28/c1-7-16(4,5)14-11-10-12-15(13-14)17(6,8-2)9-3/h10-13H,7-9H2,1-6H3. The van der Waals surface area contributed by atoms with Gasteiger partial charge in [-0.3, -0.25) is 0 Å². The quantitative estimate of drug-likeness (QED) is 0.633. The molecule has 1 rings (SSSR count). The summed E-state index contributed by atoms with van der Waals surface area (Å²) in [5.41, 5.74) is 3.60. The van der Waals surface area contributed by atoms with E-state index in [-0.39, 0.29) is 0 Å². The Morgan fingerprint density at radius 3 is 1.82 bits per heavy atom. The topological polar surface area (TPSA) is 0 Å². The minimum atomic E-state index is 0.290. The van der Waals surface area contributed by atoms with E-state index in [0.717, 1.165) is 0 Å². The predicted molar refractivity (Wildman–Crippen MR) is 77.7 cm³/mol. The molecule has 1 aromatic rings. The summed E-state index contributed by atoms with van der Waals surface area (Å²) in [6.45, 7) is 13.9. The molecular weight excluding hydrogens is 204 g/mol. The van der Waals surface area contributed by atoms with Gasteiger partial charge in [0.15, 0.2) is 0 Å². The van der Waals surface area contributed by atoms with Gasteiger partial charge < -0.3 is 0 Å². The summed E-state index contributed by atoms with van der Waals surface area (Å²) in [4.78, 5) is 0. The molecule has 0 aromatic heterocycles. The lowest BCUT2D eigenvalue weighted by atomic mass is 9.74. The zero-order chi connectivity index (χ0) is 13.1. The third kappa shape index (κ3) is 2.91. The Labute approximate surface area is 107 Å². The maximum atomic E-state index is 2.43. The maximum Gasteiger partial charge on any atom is -0.00804 e. The Balaban J connectivity index is 3.18. The van der Waals surface area contributed by atoms with Crippen molar-refractivity contribution in [3.05, 3.63) is 35.4 Å². The zero-order valence-electron chi connectivity index (χ0n) is 12.4. The Kier molecular flexibility index (Phi) is 4.41. The van der Waals surface area contributed by atoms with Crippen molar-refractivity contribution in [3.63, 3.8) is 0 Å². The summed E-state index contributed by atoms with van der Waals surface area (Å²) in [7, 11) is 0. The molecule has 0 aliphatic heterocycles. The highest BCUT2D eigenvalue weighted by Gasteiger charge is 2.25. The van der Waals surface area contributed by atoms with Crippen molar-refractivity contribution in [2.45, 2.75) is 71.6 Å².